The second-order valence-electron chi connectivity index (χ2n) is 9.27. The third kappa shape index (κ3) is 4.82. The number of ether oxygens (including phenoxy) is 1. The molecular weight excluding hydrogens is 544 g/mol. The molecule has 1 unspecified atom stereocenters. The summed E-state index contributed by atoms with van der Waals surface area (Å²) in [5.74, 6) is -20.1. The van der Waals surface area contributed by atoms with E-state index in [1.165, 1.54) is 30.0 Å². The Morgan fingerprint density at radius 2 is 1.38 bits per heavy atom. The third-order valence-electron chi connectivity index (χ3n) is 6.13. The number of amidine groups is 1. The van der Waals surface area contributed by atoms with Crippen LogP contribution in [0.5, 0.6) is 0 Å². The van der Waals surface area contributed by atoms with Gasteiger partial charge in [-0.15, -0.1) is 0 Å². The highest BCUT2D eigenvalue weighted by atomic mass is 32.2. The molecule has 1 fully saturated rings. The maximum atomic E-state index is 11.3. The van der Waals surface area contributed by atoms with Crippen LogP contribution in [0.4, 0.5) is 5.69 Å². The molecule has 0 radical (unpaired) electrons. The van der Waals surface area contributed by atoms with Crippen LogP contribution in [0.25, 0.3) is 0 Å². The van der Waals surface area contributed by atoms with E-state index in [0.29, 0.717) is 16.7 Å². The molecule has 16 nitrogen and oxygen atoms in total. The summed E-state index contributed by atoms with van der Waals surface area (Å²) in [7, 11) is 0. The number of hydrogen-bond donors (Lipinski definition) is 12. The van der Waals surface area contributed by atoms with Crippen molar-refractivity contribution in [2.45, 2.75) is 52.0 Å². The highest BCUT2D eigenvalue weighted by Gasteiger charge is 2.78. The van der Waals surface area contributed by atoms with E-state index in [0.717, 1.165) is 0 Å². The lowest BCUT2D eigenvalue weighted by Crippen LogP contribution is -2.95. The normalized spacial score (nSPS) is 24.4. The van der Waals surface area contributed by atoms with Gasteiger partial charge in [0.05, 0.1) is 5.69 Å². The number of para-hydroxylation sites is 1. The number of nitrogens with zero attached hydrogens (tertiary/aromatic N) is 3. The van der Waals surface area contributed by atoms with Gasteiger partial charge in [-0.05, 0) is 25.1 Å². The second-order valence-corrected chi connectivity index (χ2v) is 10.4. The van der Waals surface area contributed by atoms with Gasteiger partial charge in [-0.2, -0.15) is 4.90 Å². The molecule has 39 heavy (non-hydrogen) atoms. The summed E-state index contributed by atoms with van der Waals surface area (Å²) in [6.07, 6.45) is 0. The largest absolute Gasteiger partial charge is 0.366 e. The fraction of sp³-hybridized carbons (Fsp3) is 0.409. The maximum Gasteiger partial charge on any atom is 0.325 e. The zero-order valence-electron chi connectivity index (χ0n) is 20.2. The zero-order chi connectivity index (χ0) is 29.2. The maximum absolute atomic E-state index is 11.3. The van der Waals surface area contributed by atoms with Gasteiger partial charge in [0.2, 0.25) is 0 Å². The summed E-state index contributed by atoms with van der Waals surface area (Å²) < 4.78 is 4.55. The first-order valence-corrected chi connectivity index (χ1v) is 12.0. The minimum Gasteiger partial charge on any atom is -0.366 e. The van der Waals surface area contributed by atoms with Gasteiger partial charge in [-0.1, -0.05) is 42.1 Å². The number of nitrogens with two attached hydrogens (primary N) is 1. The van der Waals surface area contributed by atoms with Crippen molar-refractivity contribution >= 4 is 23.3 Å². The van der Waals surface area contributed by atoms with Gasteiger partial charge in [0.25, 0.3) is 17.8 Å². The molecule has 2 aliphatic heterocycles. The van der Waals surface area contributed by atoms with Gasteiger partial charge < -0.3 is 66.6 Å². The van der Waals surface area contributed by atoms with Crippen molar-refractivity contribution in [1.82, 2.24) is 9.80 Å². The summed E-state index contributed by atoms with van der Waals surface area (Å²) in [6.45, 7) is -2.22. The number of rotatable bonds is 5. The van der Waals surface area contributed by atoms with Gasteiger partial charge in [0, 0.05) is 15.4 Å². The summed E-state index contributed by atoms with van der Waals surface area (Å²) in [4.78, 5) is 4.75. The molecule has 0 amide bonds. The van der Waals surface area contributed by atoms with Crippen molar-refractivity contribution < 1.29 is 60.9 Å². The minimum atomic E-state index is -4.25. The lowest BCUT2D eigenvalue weighted by Gasteiger charge is -2.65. The van der Waals surface area contributed by atoms with E-state index in [9.17, 15) is 40.9 Å². The zero-order valence-corrected chi connectivity index (χ0v) is 21.0. The van der Waals surface area contributed by atoms with Gasteiger partial charge in [-0.3, -0.25) is 0 Å². The van der Waals surface area contributed by atoms with Crippen LogP contribution in [0.15, 0.2) is 63.3 Å². The lowest BCUT2D eigenvalue weighted by atomic mass is 9.94. The highest BCUT2D eigenvalue weighted by Crippen LogP contribution is 2.49. The monoisotopic (exact) mass is 572 g/mol. The van der Waals surface area contributed by atoms with Crippen LogP contribution >= 0.6 is 11.8 Å². The molecule has 0 aliphatic carbocycles. The van der Waals surface area contributed by atoms with Crippen molar-refractivity contribution in [3.8, 4) is 0 Å². The standard InChI is InChI=1S/C22H28N4O12S/c1-17(23)20(32,33)25(16-12-6-2-4-8-14(12)39-15-9-5-3-7-13(15)24-16)21(34,35)22(36,37)26(17)18(27,28)10-38-11-19(29,30)31/h2-9,27-37H,10-11,23H2,1H3. The molecule has 13 N–H and O–H groups in total. The fourth-order valence-electron chi connectivity index (χ4n) is 4.36. The van der Waals surface area contributed by atoms with E-state index in [2.05, 4.69) is 9.73 Å². The van der Waals surface area contributed by atoms with E-state index in [1.54, 1.807) is 30.3 Å². The summed E-state index contributed by atoms with van der Waals surface area (Å²) in [5, 5.41) is 115. The molecule has 0 bridgehead atoms. The van der Waals surface area contributed by atoms with Crippen molar-refractivity contribution in [3.05, 3.63) is 54.1 Å². The van der Waals surface area contributed by atoms with Gasteiger partial charge >= 0.3 is 11.8 Å². The average molecular weight is 573 g/mol. The number of aliphatic imine (C=N–C) groups is 1. The number of aliphatic hydroxyl groups is 11. The Bertz CT molecular complexity index is 1250. The van der Waals surface area contributed by atoms with Gasteiger partial charge in [0.15, 0.2) is 5.66 Å². The predicted octanol–water partition coefficient (Wildman–Crippen LogP) is -4.28. The Hall–Kier alpha value is -2.30. The van der Waals surface area contributed by atoms with Crippen LogP contribution < -0.4 is 5.73 Å². The first-order chi connectivity index (χ1) is 17.7. The van der Waals surface area contributed by atoms with Crippen molar-refractivity contribution in [2.75, 3.05) is 13.2 Å². The Balaban J connectivity index is 1.89. The Kier molecular flexibility index (Phi) is 7.14. The minimum absolute atomic E-state index is 0.0754. The molecule has 17 heteroatoms. The lowest BCUT2D eigenvalue weighted by molar-refractivity contribution is -0.575. The van der Waals surface area contributed by atoms with E-state index >= 15 is 0 Å². The predicted molar refractivity (Wildman–Crippen MR) is 128 cm³/mol. The average Bonchev–Trinajstić information content (AvgIpc) is 2.93. The van der Waals surface area contributed by atoms with Crippen LogP contribution in [-0.4, -0.2) is 120 Å². The fourth-order valence-corrected chi connectivity index (χ4v) is 5.38. The quantitative estimate of drug-likeness (QED) is 0.151. The van der Waals surface area contributed by atoms with Gasteiger partial charge in [-0.25, -0.2) is 9.89 Å². The van der Waals surface area contributed by atoms with E-state index in [1.807, 2.05) is 0 Å². The number of hydrogen-bond acceptors (Lipinski definition) is 17. The Labute approximate surface area is 224 Å². The summed E-state index contributed by atoms with van der Waals surface area (Å²) in [5.41, 5.74) is 3.22. The molecular formula is C22H28N4O12S. The molecule has 0 spiro atoms. The molecule has 0 aromatic heterocycles. The molecule has 4 rings (SSSR count). The highest BCUT2D eigenvalue weighted by molar-refractivity contribution is 7.99. The summed E-state index contributed by atoms with van der Waals surface area (Å²) in [6, 6.07) is 12.7. The van der Waals surface area contributed by atoms with Crippen molar-refractivity contribution in [3.63, 3.8) is 0 Å². The van der Waals surface area contributed by atoms with Crippen molar-refractivity contribution in [1.29, 1.82) is 0 Å². The molecule has 2 aromatic carbocycles. The van der Waals surface area contributed by atoms with E-state index < -0.39 is 59.2 Å². The Morgan fingerprint density at radius 3 is 2.00 bits per heavy atom. The van der Waals surface area contributed by atoms with Gasteiger partial charge in [0.1, 0.15) is 19.0 Å². The van der Waals surface area contributed by atoms with Crippen LogP contribution in [0.3, 0.4) is 0 Å². The first kappa shape index (κ1) is 29.7. The molecule has 2 aromatic rings. The van der Waals surface area contributed by atoms with E-state index in [4.69, 9.17) is 21.1 Å². The third-order valence-corrected chi connectivity index (χ3v) is 7.27. The SMILES string of the molecule is CC1(N)N(C(O)(O)COCC(O)(O)O)C(O)(O)C(O)(O)N(C2=Nc3ccccc3Sc3ccccc32)C1(O)O. The molecule has 2 heterocycles. The van der Waals surface area contributed by atoms with Crippen LogP contribution in [0.1, 0.15) is 12.5 Å². The molecule has 214 valence electrons. The topological polar surface area (TPSA) is 277 Å². The molecule has 0 saturated carbocycles. The van der Waals surface area contributed by atoms with E-state index in [-0.39, 0.29) is 16.2 Å². The molecule has 1 atom stereocenters. The number of piperazine rings is 1. The van der Waals surface area contributed by atoms with Crippen LogP contribution in [0, 0.1) is 0 Å². The number of benzene rings is 2. The smallest absolute Gasteiger partial charge is 0.325 e. The summed E-state index contributed by atoms with van der Waals surface area (Å²) >= 11 is 1.19. The van der Waals surface area contributed by atoms with Crippen molar-refractivity contribution in [2.24, 2.45) is 10.7 Å². The van der Waals surface area contributed by atoms with Crippen LogP contribution in [-0.2, 0) is 4.74 Å². The second kappa shape index (κ2) is 9.38. The molecule has 1 saturated heterocycles. The first-order valence-electron chi connectivity index (χ1n) is 11.1. The van der Waals surface area contributed by atoms with Crippen LogP contribution in [0.2, 0.25) is 0 Å². The Morgan fingerprint density at radius 1 is 0.821 bits per heavy atom. The molecule has 2 aliphatic rings. The number of fused-ring (bicyclic) bond motifs is 2.